The predicted octanol–water partition coefficient (Wildman–Crippen LogP) is 2.60. The fraction of sp³-hybridized carbons (Fsp3) is 0.231. The minimum atomic E-state index is -0.932. The van der Waals surface area contributed by atoms with E-state index in [9.17, 15) is 9.59 Å². The molecule has 5 heteroatoms. The van der Waals surface area contributed by atoms with Gasteiger partial charge in [0.15, 0.2) is 5.12 Å². The summed E-state index contributed by atoms with van der Waals surface area (Å²) in [5.41, 5.74) is 1.21. The molecule has 0 spiro atoms. The molecule has 0 amide bonds. The van der Waals surface area contributed by atoms with Gasteiger partial charge in [0.2, 0.25) is 0 Å². The van der Waals surface area contributed by atoms with Gasteiger partial charge in [-0.25, -0.2) is 0 Å². The Morgan fingerprint density at radius 3 is 2.78 bits per heavy atom. The van der Waals surface area contributed by atoms with Crippen molar-refractivity contribution in [2.45, 2.75) is 13.3 Å². The molecule has 0 aromatic heterocycles. The highest BCUT2D eigenvalue weighted by Gasteiger charge is 2.06. The van der Waals surface area contributed by atoms with E-state index >= 15 is 0 Å². The van der Waals surface area contributed by atoms with Crippen molar-refractivity contribution in [1.29, 1.82) is 0 Å². The van der Waals surface area contributed by atoms with Gasteiger partial charge in [0.1, 0.15) is 0 Å². The largest absolute Gasteiger partial charge is 0.481 e. The first-order valence-electron chi connectivity index (χ1n) is 5.11. The summed E-state index contributed by atoms with van der Waals surface area (Å²) in [6.45, 7) is 1.48. The summed E-state index contributed by atoms with van der Waals surface area (Å²) in [5.74, 6) is 5.14. The molecule has 0 bridgehead atoms. The molecule has 1 aromatic carbocycles. The van der Waals surface area contributed by atoms with Crippen LogP contribution in [0, 0.1) is 11.8 Å². The van der Waals surface area contributed by atoms with E-state index in [0.29, 0.717) is 21.9 Å². The maximum atomic E-state index is 10.7. The Morgan fingerprint density at radius 1 is 1.44 bits per heavy atom. The first-order chi connectivity index (χ1) is 8.49. The summed E-state index contributed by atoms with van der Waals surface area (Å²) in [7, 11) is 0. The lowest BCUT2D eigenvalue weighted by atomic mass is 10.1. The molecule has 0 aliphatic carbocycles. The third-order valence-electron chi connectivity index (χ3n) is 1.98. The van der Waals surface area contributed by atoms with Gasteiger partial charge in [-0.05, 0) is 23.8 Å². The van der Waals surface area contributed by atoms with Crippen molar-refractivity contribution in [3.63, 3.8) is 0 Å². The van der Waals surface area contributed by atoms with Gasteiger partial charge in [0.05, 0.1) is 12.2 Å². The van der Waals surface area contributed by atoms with Gasteiger partial charge in [-0.15, -0.1) is 0 Å². The van der Waals surface area contributed by atoms with Gasteiger partial charge < -0.3 is 5.11 Å². The van der Waals surface area contributed by atoms with E-state index in [1.54, 1.807) is 18.2 Å². The summed E-state index contributed by atoms with van der Waals surface area (Å²) in [6, 6.07) is 4.94. The Labute approximate surface area is 115 Å². The SMILES string of the molecule is CC(=O)SCC#Cc1ccc(Cl)cc1CC(=O)O. The van der Waals surface area contributed by atoms with E-state index in [2.05, 4.69) is 11.8 Å². The van der Waals surface area contributed by atoms with Crippen LogP contribution >= 0.6 is 23.4 Å². The van der Waals surface area contributed by atoms with Crippen LogP contribution in [0.5, 0.6) is 0 Å². The number of carbonyl (C=O) groups is 2. The van der Waals surface area contributed by atoms with E-state index in [-0.39, 0.29) is 11.5 Å². The fourth-order valence-electron chi connectivity index (χ4n) is 1.26. The van der Waals surface area contributed by atoms with E-state index in [4.69, 9.17) is 16.7 Å². The molecule has 94 valence electrons. The number of rotatable bonds is 3. The number of halogens is 1. The van der Waals surface area contributed by atoms with Gasteiger partial charge >= 0.3 is 5.97 Å². The van der Waals surface area contributed by atoms with Gasteiger partial charge in [-0.3, -0.25) is 9.59 Å². The van der Waals surface area contributed by atoms with Crippen LogP contribution in [-0.4, -0.2) is 21.9 Å². The lowest BCUT2D eigenvalue weighted by Crippen LogP contribution is -2.02. The number of carboxylic acids is 1. The standard InChI is InChI=1S/C13H11ClO3S/c1-9(15)18-6-2-3-10-4-5-12(14)7-11(10)8-13(16)17/h4-5,7H,6,8H2,1H3,(H,16,17). The molecule has 0 saturated carbocycles. The second kappa shape index (κ2) is 7.10. The van der Waals surface area contributed by atoms with E-state index in [1.165, 1.54) is 6.92 Å². The van der Waals surface area contributed by atoms with Crippen molar-refractivity contribution in [2.24, 2.45) is 0 Å². The fourth-order valence-corrected chi connectivity index (χ4v) is 1.80. The minimum Gasteiger partial charge on any atom is -0.481 e. The van der Waals surface area contributed by atoms with Crippen molar-refractivity contribution >= 4 is 34.4 Å². The highest BCUT2D eigenvalue weighted by atomic mass is 35.5. The number of carboxylic acid groups (broad SMARTS) is 1. The van der Waals surface area contributed by atoms with Crippen LogP contribution in [0.4, 0.5) is 0 Å². The average Bonchev–Trinajstić information content (AvgIpc) is 2.25. The summed E-state index contributed by atoms with van der Waals surface area (Å²) < 4.78 is 0. The molecule has 0 heterocycles. The average molecular weight is 283 g/mol. The number of hydrogen-bond donors (Lipinski definition) is 1. The van der Waals surface area contributed by atoms with Crippen LogP contribution < -0.4 is 0 Å². The van der Waals surface area contributed by atoms with Gasteiger partial charge in [0.25, 0.3) is 0 Å². The Morgan fingerprint density at radius 2 is 2.17 bits per heavy atom. The van der Waals surface area contributed by atoms with Crippen molar-refractivity contribution < 1.29 is 14.7 Å². The molecule has 0 aliphatic rings. The molecule has 1 aromatic rings. The smallest absolute Gasteiger partial charge is 0.307 e. The zero-order chi connectivity index (χ0) is 13.5. The number of carbonyl (C=O) groups excluding carboxylic acids is 1. The molecule has 1 N–H and O–H groups in total. The van der Waals surface area contributed by atoms with Crippen LogP contribution in [0.3, 0.4) is 0 Å². The second-order valence-corrected chi connectivity index (χ2v) is 5.04. The van der Waals surface area contributed by atoms with Crippen LogP contribution in [0.25, 0.3) is 0 Å². The Balaban J connectivity index is 2.86. The van der Waals surface area contributed by atoms with Crippen LogP contribution in [0.15, 0.2) is 18.2 Å². The molecule has 0 unspecified atom stereocenters. The first kappa shape index (κ1) is 14.6. The van der Waals surface area contributed by atoms with E-state index in [0.717, 1.165) is 11.8 Å². The zero-order valence-electron chi connectivity index (χ0n) is 9.70. The first-order valence-corrected chi connectivity index (χ1v) is 6.48. The third kappa shape index (κ3) is 5.26. The van der Waals surface area contributed by atoms with Crippen LogP contribution in [0.2, 0.25) is 5.02 Å². The molecular weight excluding hydrogens is 272 g/mol. The minimum absolute atomic E-state index is 0.00571. The molecule has 1 rings (SSSR count). The lowest BCUT2D eigenvalue weighted by molar-refractivity contribution is -0.136. The van der Waals surface area contributed by atoms with Gasteiger partial charge in [0, 0.05) is 17.5 Å². The summed E-state index contributed by atoms with van der Waals surface area (Å²) in [4.78, 5) is 21.4. The van der Waals surface area contributed by atoms with E-state index < -0.39 is 5.97 Å². The highest BCUT2D eigenvalue weighted by Crippen LogP contribution is 2.16. The predicted molar refractivity (Wildman–Crippen MR) is 72.8 cm³/mol. The molecule has 0 aliphatic heterocycles. The molecule has 0 saturated heterocycles. The van der Waals surface area contributed by atoms with Crippen LogP contribution in [0.1, 0.15) is 18.1 Å². The Kier molecular flexibility index (Phi) is 5.76. The summed E-state index contributed by atoms with van der Waals surface area (Å²) >= 11 is 6.93. The molecule has 18 heavy (non-hydrogen) atoms. The van der Waals surface area contributed by atoms with Crippen molar-refractivity contribution in [2.75, 3.05) is 5.75 Å². The molecule has 0 fully saturated rings. The maximum absolute atomic E-state index is 10.7. The molecular formula is C13H11ClO3S. The maximum Gasteiger partial charge on any atom is 0.307 e. The number of aliphatic carboxylic acids is 1. The van der Waals surface area contributed by atoms with Gasteiger partial charge in [-0.1, -0.05) is 35.2 Å². The van der Waals surface area contributed by atoms with Crippen LogP contribution in [-0.2, 0) is 16.0 Å². The quantitative estimate of drug-likeness (QED) is 0.866. The zero-order valence-corrected chi connectivity index (χ0v) is 11.3. The van der Waals surface area contributed by atoms with E-state index in [1.807, 2.05) is 0 Å². The normalized spacial score (nSPS) is 9.44. The van der Waals surface area contributed by atoms with Crippen molar-refractivity contribution in [3.8, 4) is 11.8 Å². The Hall–Kier alpha value is -1.44. The second-order valence-electron chi connectivity index (χ2n) is 3.45. The van der Waals surface area contributed by atoms with Crippen molar-refractivity contribution in [3.05, 3.63) is 34.3 Å². The number of thioether (sulfide) groups is 1. The molecule has 0 radical (unpaired) electrons. The highest BCUT2D eigenvalue weighted by molar-refractivity contribution is 8.13. The number of hydrogen-bond acceptors (Lipinski definition) is 3. The number of benzene rings is 1. The Bertz CT molecular complexity index is 529. The van der Waals surface area contributed by atoms with Gasteiger partial charge in [-0.2, -0.15) is 0 Å². The molecule has 3 nitrogen and oxygen atoms in total. The third-order valence-corrected chi connectivity index (χ3v) is 2.91. The summed E-state index contributed by atoms with van der Waals surface area (Å²) in [5, 5.41) is 9.27. The summed E-state index contributed by atoms with van der Waals surface area (Å²) in [6.07, 6.45) is -0.121. The topological polar surface area (TPSA) is 54.4 Å². The van der Waals surface area contributed by atoms with Crippen molar-refractivity contribution in [1.82, 2.24) is 0 Å². The molecule has 0 atom stereocenters. The lowest BCUT2D eigenvalue weighted by Gasteiger charge is -2.02. The monoisotopic (exact) mass is 282 g/mol.